The molecule has 1 aliphatic rings. The molecule has 2 N–H and O–H groups in total. The van der Waals surface area contributed by atoms with E-state index in [-0.39, 0.29) is 11.7 Å². The van der Waals surface area contributed by atoms with Crippen LogP contribution in [0.15, 0.2) is 0 Å². The van der Waals surface area contributed by atoms with Crippen molar-refractivity contribution < 1.29 is 9.53 Å². The van der Waals surface area contributed by atoms with Gasteiger partial charge in [0.15, 0.2) is 5.78 Å². The number of ketones is 1. The maximum atomic E-state index is 11.8. The molecule has 0 radical (unpaired) electrons. The monoisotopic (exact) mass is 185 g/mol. The molecule has 76 valence electrons. The molecule has 0 unspecified atom stereocenters. The van der Waals surface area contributed by atoms with Gasteiger partial charge in [0.2, 0.25) is 0 Å². The SMILES string of the molecule is CC(C)C[C@H](CN)C(=O)[C@@]1(C)CO1. The fourth-order valence-electron chi connectivity index (χ4n) is 1.56. The minimum atomic E-state index is -0.501. The Kier molecular flexibility index (Phi) is 3.09. The molecule has 13 heavy (non-hydrogen) atoms. The van der Waals surface area contributed by atoms with E-state index in [4.69, 9.17) is 10.5 Å². The molecule has 3 nitrogen and oxygen atoms in total. The largest absolute Gasteiger partial charge is 0.362 e. The third-order valence-electron chi connectivity index (χ3n) is 2.51. The van der Waals surface area contributed by atoms with Gasteiger partial charge in [-0.15, -0.1) is 0 Å². The van der Waals surface area contributed by atoms with Gasteiger partial charge in [-0.05, 0) is 19.3 Å². The van der Waals surface area contributed by atoms with Crippen LogP contribution >= 0.6 is 0 Å². The Bertz CT molecular complexity index is 197. The topological polar surface area (TPSA) is 55.6 Å². The maximum absolute atomic E-state index is 11.8. The first-order chi connectivity index (χ1) is 5.99. The Morgan fingerprint density at radius 1 is 1.62 bits per heavy atom. The van der Waals surface area contributed by atoms with E-state index in [1.165, 1.54) is 0 Å². The summed E-state index contributed by atoms with van der Waals surface area (Å²) in [7, 11) is 0. The molecule has 0 spiro atoms. The molecule has 3 heteroatoms. The Hall–Kier alpha value is -0.410. The predicted octanol–water partition coefficient (Wildman–Crippen LogP) is 0.965. The van der Waals surface area contributed by atoms with Gasteiger partial charge >= 0.3 is 0 Å². The fraction of sp³-hybridized carbons (Fsp3) is 0.900. The number of carbonyl (C=O) groups excluding carboxylic acids is 1. The number of epoxide rings is 1. The number of ether oxygens (including phenoxy) is 1. The summed E-state index contributed by atoms with van der Waals surface area (Å²) in [5.74, 6) is 0.677. The zero-order valence-electron chi connectivity index (χ0n) is 8.67. The number of carbonyl (C=O) groups is 1. The Labute approximate surface area is 79.6 Å². The van der Waals surface area contributed by atoms with Crippen molar-refractivity contribution in [2.45, 2.75) is 32.8 Å². The van der Waals surface area contributed by atoms with Crippen LogP contribution in [0.1, 0.15) is 27.2 Å². The van der Waals surface area contributed by atoms with Crippen molar-refractivity contribution in [3.63, 3.8) is 0 Å². The maximum Gasteiger partial charge on any atom is 0.171 e. The summed E-state index contributed by atoms with van der Waals surface area (Å²) in [6.07, 6.45) is 0.869. The average Bonchev–Trinajstić information content (AvgIpc) is 2.79. The van der Waals surface area contributed by atoms with E-state index in [0.717, 1.165) is 6.42 Å². The first kappa shape index (κ1) is 10.7. The van der Waals surface area contributed by atoms with Crippen molar-refractivity contribution in [2.75, 3.05) is 13.2 Å². The van der Waals surface area contributed by atoms with Gasteiger partial charge in [0.25, 0.3) is 0 Å². The highest BCUT2D eigenvalue weighted by Crippen LogP contribution is 2.31. The molecule has 1 saturated heterocycles. The molecule has 0 amide bonds. The van der Waals surface area contributed by atoms with Crippen molar-refractivity contribution in [1.82, 2.24) is 0 Å². The van der Waals surface area contributed by atoms with E-state index in [0.29, 0.717) is 19.1 Å². The van der Waals surface area contributed by atoms with Crippen LogP contribution in [0.25, 0.3) is 0 Å². The van der Waals surface area contributed by atoms with Crippen LogP contribution in [0.4, 0.5) is 0 Å². The van der Waals surface area contributed by atoms with Crippen LogP contribution in [0.3, 0.4) is 0 Å². The van der Waals surface area contributed by atoms with Gasteiger partial charge in [-0.2, -0.15) is 0 Å². The second-order valence-corrected chi connectivity index (χ2v) is 4.45. The summed E-state index contributed by atoms with van der Waals surface area (Å²) >= 11 is 0. The number of hydrogen-bond donors (Lipinski definition) is 1. The van der Waals surface area contributed by atoms with Gasteiger partial charge in [-0.3, -0.25) is 4.79 Å². The molecule has 1 rings (SSSR count). The van der Waals surface area contributed by atoms with Gasteiger partial charge < -0.3 is 10.5 Å². The molecule has 2 atom stereocenters. The zero-order valence-corrected chi connectivity index (χ0v) is 8.67. The van der Waals surface area contributed by atoms with E-state index in [1.54, 1.807) is 0 Å². The highest BCUT2D eigenvalue weighted by Gasteiger charge is 2.49. The van der Waals surface area contributed by atoms with E-state index >= 15 is 0 Å². The highest BCUT2D eigenvalue weighted by molar-refractivity contribution is 5.91. The second kappa shape index (κ2) is 3.76. The van der Waals surface area contributed by atoms with Gasteiger partial charge in [-0.25, -0.2) is 0 Å². The molecule has 0 aromatic carbocycles. The first-order valence-corrected chi connectivity index (χ1v) is 4.88. The molecule has 1 fully saturated rings. The third-order valence-corrected chi connectivity index (χ3v) is 2.51. The van der Waals surface area contributed by atoms with Gasteiger partial charge in [-0.1, -0.05) is 13.8 Å². The van der Waals surface area contributed by atoms with Crippen molar-refractivity contribution in [3.8, 4) is 0 Å². The van der Waals surface area contributed by atoms with Gasteiger partial charge in [0.1, 0.15) is 5.60 Å². The summed E-state index contributed by atoms with van der Waals surface area (Å²) in [5, 5.41) is 0. The van der Waals surface area contributed by atoms with E-state index in [1.807, 2.05) is 6.92 Å². The third kappa shape index (κ3) is 2.51. The molecule has 0 aliphatic carbocycles. The summed E-state index contributed by atoms with van der Waals surface area (Å²) in [6, 6.07) is 0. The van der Waals surface area contributed by atoms with Crippen LogP contribution in [-0.2, 0) is 9.53 Å². The van der Waals surface area contributed by atoms with Crippen LogP contribution in [0, 0.1) is 11.8 Å². The number of rotatable bonds is 5. The van der Waals surface area contributed by atoms with Gasteiger partial charge in [0.05, 0.1) is 6.61 Å². The van der Waals surface area contributed by atoms with Crippen molar-refractivity contribution in [2.24, 2.45) is 17.6 Å². The first-order valence-electron chi connectivity index (χ1n) is 4.88. The average molecular weight is 185 g/mol. The lowest BCUT2D eigenvalue weighted by Crippen LogP contribution is -2.34. The molecular weight excluding hydrogens is 166 g/mol. The molecule has 1 heterocycles. The van der Waals surface area contributed by atoms with Crippen LogP contribution < -0.4 is 5.73 Å². The fourth-order valence-corrected chi connectivity index (χ4v) is 1.56. The lowest BCUT2D eigenvalue weighted by Gasteiger charge is -2.17. The molecule has 1 aliphatic heterocycles. The molecule has 0 bridgehead atoms. The van der Waals surface area contributed by atoms with Crippen molar-refractivity contribution in [3.05, 3.63) is 0 Å². The molecule has 0 aromatic heterocycles. The molecule has 0 aromatic rings. The normalized spacial score (nSPS) is 29.0. The quantitative estimate of drug-likeness (QED) is 0.649. The van der Waals surface area contributed by atoms with Crippen LogP contribution in [0.2, 0.25) is 0 Å². The van der Waals surface area contributed by atoms with E-state index in [2.05, 4.69) is 13.8 Å². The number of nitrogens with two attached hydrogens (primary N) is 1. The van der Waals surface area contributed by atoms with Crippen molar-refractivity contribution in [1.29, 1.82) is 0 Å². The summed E-state index contributed by atoms with van der Waals surface area (Å²) in [4.78, 5) is 11.8. The predicted molar refractivity (Wildman–Crippen MR) is 51.4 cm³/mol. The van der Waals surface area contributed by atoms with E-state index in [9.17, 15) is 4.79 Å². The zero-order chi connectivity index (χ0) is 10.1. The van der Waals surface area contributed by atoms with Crippen molar-refractivity contribution >= 4 is 5.78 Å². The number of hydrogen-bond acceptors (Lipinski definition) is 3. The summed E-state index contributed by atoms with van der Waals surface area (Å²) < 4.78 is 5.12. The number of Topliss-reactive ketones (excluding diaryl/α,β-unsaturated/α-hetero) is 1. The second-order valence-electron chi connectivity index (χ2n) is 4.45. The Morgan fingerprint density at radius 2 is 2.15 bits per heavy atom. The lowest BCUT2D eigenvalue weighted by molar-refractivity contribution is -0.127. The summed E-state index contributed by atoms with van der Waals surface area (Å²) in [6.45, 7) is 7.06. The molecule has 0 saturated carbocycles. The highest BCUT2D eigenvalue weighted by atomic mass is 16.6. The van der Waals surface area contributed by atoms with E-state index < -0.39 is 5.60 Å². The van der Waals surface area contributed by atoms with Crippen LogP contribution in [-0.4, -0.2) is 24.5 Å². The Morgan fingerprint density at radius 3 is 2.46 bits per heavy atom. The summed E-state index contributed by atoms with van der Waals surface area (Å²) in [5.41, 5.74) is 5.07. The smallest absolute Gasteiger partial charge is 0.171 e. The van der Waals surface area contributed by atoms with Gasteiger partial charge in [0, 0.05) is 12.5 Å². The minimum Gasteiger partial charge on any atom is -0.362 e. The Balaban J connectivity index is 2.51. The standard InChI is InChI=1S/C10H19NO2/c1-7(2)4-8(5-11)9(12)10(3)6-13-10/h7-8H,4-6,11H2,1-3H3/t8-,10-/m1/s1. The van der Waals surface area contributed by atoms with Crippen LogP contribution in [0.5, 0.6) is 0 Å². The minimum absolute atomic E-state index is 0.0208. The molecular formula is C10H19NO2. The lowest BCUT2D eigenvalue weighted by atomic mass is 9.88.